The van der Waals surface area contributed by atoms with Crippen molar-refractivity contribution in [2.45, 2.75) is 32.6 Å². The zero-order valence-corrected chi connectivity index (χ0v) is 10.2. The molecule has 1 heterocycles. The fourth-order valence-corrected chi connectivity index (χ4v) is 2.23. The van der Waals surface area contributed by atoms with E-state index in [1.165, 1.54) is 12.8 Å². The number of terminal acetylenes is 1. The van der Waals surface area contributed by atoms with Gasteiger partial charge in [-0.25, -0.2) is 0 Å². The standard InChI is InChI=1S/C13H22N2O/c1-3-5-12-6-9-15(10-7-12)13(16)11-14-8-4-2/h2,12,14H,3,5-11H2,1H3. The van der Waals surface area contributed by atoms with Crippen LogP contribution in [0.4, 0.5) is 0 Å². The Morgan fingerprint density at radius 1 is 1.50 bits per heavy atom. The van der Waals surface area contributed by atoms with E-state index in [-0.39, 0.29) is 5.91 Å². The Bertz CT molecular complexity index is 249. The van der Waals surface area contributed by atoms with E-state index in [2.05, 4.69) is 18.2 Å². The summed E-state index contributed by atoms with van der Waals surface area (Å²) in [6.07, 6.45) is 9.99. The largest absolute Gasteiger partial charge is 0.342 e. The quantitative estimate of drug-likeness (QED) is 0.561. The predicted octanol–water partition coefficient (Wildman–Crippen LogP) is 1.25. The first-order chi connectivity index (χ1) is 7.77. The van der Waals surface area contributed by atoms with Crippen LogP contribution in [0.25, 0.3) is 0 Å². The molecule has 1 rings (SSSR count). The molecule has 90 valence electrons. The molecule has 0 bridgehead atoms. The van der Waals surface area contributed by atoms with Gasteiger partial charge in [-0.15, -0.1) is 6.42 Å². The molecule has 0 radical (unpaired) electrons. The van der Waals surface area contributed by atoms with Crippen molar-refractivity contribution in [3.63, 3.8) is 0 Å². The van der Waals surface area contributed by atoms with Gasteiger partial charge >= 0.3 is 0 Å². The highest BCUT2D eigenvalue weighted by Crippen LogP contribution is 2.21. The molecule has 0 aliphatic carbocycles. The number of amides is 1. The predicted molar refractivity (Wildman–Crippen MR) is 65.9 cm³/mol. The smallest absolute Gasteiger partial charge is 0.236 e. The summed E-state index contributed by atoms with van der Waals surface area (Å²) < 4.78 is 0. The lowest BCUT2D eigenvalue weighted by Gasteiger charge is -2.32. The molecule has 0 saturated carbocycles. The summed E-state index contributed by atoms with van der Waals surface area (Å²) in [7, 11) is 0. The van der Waals surface area contributed by atoms with E-state index < -0.39 is 0 Å². The van der Waals surface area contributed by atoms with Crippen molar-refractivity contribution in [3.8, 4) is 12.3 Å². The number of nitrogens with one attached hydrogen (secondary N) is 1. The third kappa shape index (κ3) is 4.24. The lowest BCUT2D eigenvalue weighted by molar-refractivity contribution is -0.131. The van der Waals surface area contributed by atoms with Gasteiger partial charge in [-0.05, 0) is 18.8 Å². The van der Waals surface area contributed by atoms with Gasteiger partial charge in [-0.1, -0.05) is 25.7 Å². The Morgan fingerprint density at radius 2 is 2.19 bits per heavy atom. The first kappa shape index (κ1) is 13.1. The normalized spacial score (nSPS) is 17.1. The highest BCUT2D eigenvalue weighted by atomic mass is 16.2. The number of hydrogen-bond donors (Lipinski definition) is 1. The molecule has 0 aromatic carbocycles. The van der Waals surface area contributed by atoms with Crippen molar-refractivity contribution in [1.29, 1.82) is 0 Å². The molecule has 0 aromatic rings. The van der Waals surface area contributed by atoms with Crippen molar-refractivity contribution in [2.24, 2.45) is 5.92 Å². The van der Waals surface area contributed by atoms with Gasteiger partial charge in [-0.3, -0.25) is 10.1 Å². The van der Waals surface area contributed by atoms with E-state index in [1.807, 2.05) is 4.90 Å². The second-order valence-electron chi connectivity index (χ2n) is 4.42. The van der Waals surface area contributed by atoms with Crippen LogP contribution < -0.4 is 5.32 Å². The highest BCUT2D eigenvalue weighted by Gasteiger charge is 2.21. The summed E-state index contributed by atoms with van der Waals surface area (Å²) in [6.45, 7) is 4.91. The van der Waals surface area contributed by atoms with Crippen molar-refractivity contribution in [1.82, 2.24) is 10.2 Å². The molecule has 3 heteroatoms. The van der Waals surface area contributed by atoms with Gasteiger partial charge in [0.15, 0.2) is 0 Å². The molecule has 1 saturated heterocycles. The molecule has 0 unspecified atom stereocenters. The first-order valence-corrected chi connectivity index (χ1v) is 6.19. The van der Waals surface area contributed by atoms with E-state index >= 15 is 0 Å². The number of likely N-dealkylation sites (tertiary alicyclic amines) is 1. The summed E-state index contributed by atoms with van der Waals surface area (Å²) in [5, 5.41) is 2.94. The molecular formula is C13H22N2O. The van der Waals surface area contributed by atoms with Crippen LogP contribution in [0, 0.1) is 18.3 Å². The van der Waals surface area contributed by atoms with E-state index in [0.717, 1.165) is 31.8 Å². The third-order valence-corrected chi connectivity index (χ3v) is 3.17. The van der Waals surface area contributed by atoms with Gasteiger partial charge in [0.2, 0.25) is 5.91 Å². The van der Waals surface area contributed by atoms with Crippen molar-refractivity contribution >= 4 is 5.91 Å². The van der Waals surface area contributed by atoms with Crippen LogP contribution in [-0.2, 0) is 4.79 Å². The van der Waals surface area contributed by atoms with Gasteiger partial charge in [0, 0.05) is 13.1 Å². The van der Waals surface area contributed by atoms with E-state index in [0.29, 0.717) is 13.1 Å². The number of piperidine rings is 1. The van der Waals surface area contributed by atoms with Crippen molar-refractivity contribution < 1.29 is 4.79 Å². The van der Waals surface area contributed by atoms with Crippen LogP contribution in [0.15, 0.2) is 0 Å². The number of carbonyl (C=O) groups excluding carboxylic acids is 1. The van der Waals surface area contributed by atoms with Crippen LogP contribution in [-0.4, -0.2) is 37.0 Å². The molecule has 1 N–H and O–H groups in total. The van der Waals surface area contributed by atoms with Crippen LogP contribution >= 0.6 is 0 Å². The fraction of sp³-hybridized carbons (Fsp3) is 0.769. The number of hydrogen-bond acceptors (Lipinski definition) is 2. The Hall–Kier alpha value is -1.01. The Labute approximate surface area is 98.6 Å². The molecule has 1 fully saturated rings. The highest BCUT2D eigenvalue weighted by molar-refractivity contribution is 5.78. The average Bonchev–Trinajstić information content (AvgIpc) is 2.30. The van der Waals surface area contributed by atoms with Gasteiger partial charge in [0.05, 0.1) is 13.1 Å². The Kier molecular flexibility index (Phi) is 5.95. The third-order valence-electron chi connectivity index (χ3n) is 3.17. The molecule has 1 aliphatic heterocycles. The molecule has 0 atom stereocenters. The minimum absolute atomic E-state index is 0.185. The lowest BCUT2D eigenvalue weighted by atomic mass is 9.92. The molecule has 1 aliphatic rings. The fourth-order valence-electron chi connectivity index (χ4n) is 2.23. The molecule has 1 amide bonds. The van der Waals surface area contributed by atoms with E-state index in [1.54, 1.807) is 0 Å². The van der Waals surface area contributed by atoms with Crippen LogP contribution in [0.3, 0.4) is 0 Å². The summed E-state index contributed by atoms with van der Waals surface area (Å²) in [4.78, 5) is 13.7. The summed E-state index contributed by atoms with van der Waals surface area (Å²) >= 11 is 0. The minimum Gasteiger partial charge on any atom is -0.342 e. The maximum atomic E-state index is 11.7. The van der Waals surface area contributed by atoms with Gasteiger partial charge in [-0.2, -0.15) is 0 Å². The molecule has 0 aromatic heterocycles. The number of rotatable bonds is 5. The van der Waals surface area contributed by atoms with Crippen molar-refractivity contribution in [2.75, 3.05) is 26.2 Å². The minimum atomic E-state index is 0.185. The Morgan fingerprint density at radius 3 is 2.75 bits per heavy atom. The molecular weight excluding hydrogens is 200 g/mol. The Balaban J connectivity index is 2.20. The van der Waals surface area contributed by atoms with Gasteiger partial charge in [0.25, 0.3) is 0 Å². The van der Waals surface area contributed by atoms with Gasteiger partial charge < -0.3 is 4.90 Å². The number of nitrogens with zero attached hydrogens (tertiary/aromatic N) is 1. The summed E-state index contributed by atoms with van der Waals surface area (Å²) in [5.74, 6) is 3.48. The van der Waals surface area contributed by atoms with E-state index in [4.69, 9.17) is 6.42 Å². The maximum Gasteiger partial charge on any atom is 0.236 e. The van der Waals surface area contributed by atoms with Crippen LogP contribution in [0.2, 0.25) is 0 Å². The molecule has 3 nitrogen and oxygen atoms in total. The zero-order chi connectivity index (χ0) is 11.8. The maximum absolute atomic E-state index is 11.7. The zero-order valence-electron chi connectivity index (χ0n) is 10.2. The molecule has 0 spiro atoms. The average molecular weight is 222 g/mol. The summed E-state index contributed by atoms with van der Waals surface area (Å²) in [6, 6.07) is 0. The first-order valence-electron chi connectivity index (χ1n) is 6.19. The second kappa shape index (κ2) is 7.29. The van der Waals surface area contributed by atoms with Crippen LogP contribution in [0.1, 0.15) is 32.6 Å². The summed E-state index contributed by atoms with van der Waals surface area (Å²) in [5.41, 5.74) is 0. The topological polar surface area (TPSA) is 32.3 Å². The second-order valence-corrected chi connectivity index (χ2v) is 4.42. The lowest BCUT2D eigenvalue weighted by Crippen LogP contribution is -2.43. The monoisotopic (exact) mass is 222 g/mol. The number of carbonyl (C=O) groups is 1. The van der Waals surface area contributed by atoms with Crippen LogP contribution in [0.5, 0.6) is 0 Å². The molecule has 16 heavy (non-hydrogen) atoms. The van der Waals surface area contributed by atoms with Gasteiger partial charge in [0.1, 0.15) is 0 Å². The van der Waals surface area contributed by atoms with Crippen molar-refractivity contribution in [3.05, 3.63) is 0 Å². The SMILES string of the molecule is C#CCNCC(=O)N1CCC(CCC)CC1. The van der Waals surface area contributed by atoms with E-state index in [9.17, 15) is 4.79 Å².